The van der Waals surface area contributed by atoms with Crippen LogP contribution in [0.15, 0.2) is 34.9 Å². The summed E-state index contributed by atoms with van der Waals surface area (Å²) in [5, 5.41) is 38.5. The molecule has 52 heavy (non-hydrogen) atoms. The van der Waals surface area contributed by atoms with Gasteiger partial charge >= 0.3 is 18.5 Å². The maximum atomic E-state index is 15.1. The van der Waals surface area contributed by atoms with E-state index < -0.39 is 137 Å². The number of hydrogen-bond donors (Lipinski definition) is 0. The van der Waals surface area contributed by atoms with Gasteiger partial charge in [0.2, 0.25) is 0 Å². The van der Waals surface area contributed by atoms with Crippen LogP contribution in [0, 0.1) is 91.9 Å². The molecule has 0 radical (unpaired) electrons. The third-order valence-corrected chi connectivity index (χ3v) is 7.09. The van der Waals surface area contributed by atoms with E-state index in [9.17, 15) is 72.9 Å². The molecule has 0 unspecified atom stereocenters. The summed E-state index contributed by atoms with van der Waals surface area (Å²) < 4.78 is 240. The number of nitrogens with zero attached hydrogens (tertiary/aromatic N) is 4. The topological polar surface area (TPSA) is 95.2 Å². The Morgan fingerprint density at radius 3 is 1.04 bits per heavy atom. The van der Waals surface area contributed by atoms with Crippen molar-refractivity contribution in [3.8, 4) is 24.3 Å². The smallest absolute Gasteiger partial charge is 0.203 e. The van der Waals surface area contributed by atoms with E-state index in [0.29, 0.717) is 12.1 Å². The Hall–Kier alpha value is -6.35. The van der Waals surface area contributed by atoms with Gasteiger partial charge in [-0.3, -0.25) is 0 Å². The third kappa shape index (κ3) is 6.04. The second-order valence-electron chi connectivity index (χ2n) is 9.96. The summed E-state index contributed by atoms with van der Waals surface area (Å²) in [5.74, 6) is -25.1. The summed E-state index contributed by atoms with van der Waals surface area (Å²) in [4.78, 5) is 0. The number of hydrogen-bond acceptors (Lipinski definition) is 4. The lowest BCUT2D eigenvalue weighted by Crippen LogP contribution is -2.17. The first-order valence-electron chi connectivity index (χ1n) is 12.8. The lowest BCUT2D eigenvalue weighted by Gasteiger charge is -2.14. The third-order valence-electron chi connectivity index (χ3n) is 7.09. The molecular formula is C31H3F17N4. The van der Waals surface area contributed by atoms with E-state index in [1.165, 1.54) is 6.07 Å². The molecule has 0 spiro atoms. The van der Waals surface area contributed by atoms with Crippen LogP contribution in [0.2, 0.25) is 0 Å². The van der Waals surface area contributed by atoms with Gasteiger partial charge in [-0.1, -0.05) is 6.07 Å². The van der Waals surface area contributed by atoms with Crippen molar-refractivity contribution in [2.24, 2.45) is 0 Å². The Balaban J connectivity index is 2.35. The van der Waals surface area contributed by atoms with Crippen LogP contribution >= 0.6 is 0 Å². The molecule has 3 aromatic rings. The summed E-state index contributed by atoms with van der Waals surface area (Å²) >= 11 is 0. The lowest BCUT2D eigenvalue weighted by molar-refractivity contribution is -0.144. The van der Waals surface area contributed by atoms with Crippen molar-refractivity contribution in [1.29, 1.82) is 21.0 Å². The molecule has 0 heterocycles. The average molecular weight is 754 g/mol. The highest BCUT2D eigenvalue weighted by Gasteiger charge is 2.49. The van der Waals surface area contributed by atoms with Gasteiger partial charge < -0.3 is 0 Å². The molecule has 266 valence electrons. The Labute approximate surface area is 276 Å². The van der Waals surface area contributed by atoms with Gasteiger partial charge in [-0.2, -0.15) is 60.6 Å². The van der Waals surface area contributed by atoms with Gasteiger partial charge in [0.05, 0.1) is 45.0 Å². The van der Waals surface area contributed by atoms with Gasteiger partial charge in [-0.05, 0) is 12.1 Å². The standard InChI is InChI=1S/C31H3F17N4/c32-21-17(22(33)26(37)19(25(21)36)30(43,44)45)11(6-51)15-14(10(5-50)9-2-1-8(4-49)3-13(9)29(40,41)42)16(15)12(7-52)18-23(34)27(38)20(31(46,47)48)28(39)24(18)35/h1-3H/b14-10?,15-11-,16-12+. The minimum atomic E-state index is -6.17. The van der Waals surface area contributed by atoms with Crippen LogP contribution in [-0.4, -0.2) is 0 Å². The van der Waals surface area contributed by atoms with E-state index in [1.807, 2.05) is 0 Å². The predicted molar refractivity (Wildman–Crippen MR) is 136 cm³/mol. The van der Waals surface area contributed by atoms with Crippen molar-refractivity contribution in [1.82, 2.24) is 0 Å². The van der Waals surface area contributed by atoms with Gasteiger partial charge in [0, 0.05) is 22.3 Å². The lowest BCUT2D eigenvalue weighted by atomic mass is 9.96. The first-order chi connectivity index (χ1) is 23.9. The van der Waals surface area contributed by atoms with Crippen molar-refractivity contribution in [3.05, 3.63) is 120 Å². The molecule has 1 saturated carbocycles. The fourth-order valence-corrected chi connectivity index (χ4v) is 4.93. The minimum Gasteiger partial charge on any atom is -0.203 e. The Bertz CT molecular complexity index is 2210. The molecule has 21 heteroatoms. The molecule has 0 saturated heterocycles. The largest absolute Gasteiger partial charge is 0.422 e. The second kappa shape index (κ2) is 12.8. The van der Waals surface area contributed by atoms with E-state index in [4.69, 9.17) is 5.26 Å². The van der Waals surface area contributed by atoms with Crippen LogP contribution < -0.4 is 0 Å². The minimum absolute atomic E-state index is 0.0820. The zero-order valence-electron chi connectivity index (χ0n) is 23.9. The van der Waals surface area contributed by atoms with Gasteiger partial charge in [0.1, 0.15) is 29.3 Å². The van der Waals surface area contributed by atoms with E-state index in [2.05, 4.69) is 0 Å². The monoisotopic (exact) mass is 754 g/mol. The van der Waals surface area contributed by atoms with Crippen LogP contribution in [-0.2, 0) is 18.5 Å². The molecule has 0 amide bonds. The number of allylic oxidation sites excluding steroid dienone is 6. The fourth-order valence-electron chi connectivity index (χ4n) is 4.93. The Morgan fingerprint density at radius 2 is 0.769 bits per heavy atom. The molecule has 0 bridgehead atoms. The normalized spacial score (nSPS) is 16.0. The summed E-state index contributed by atoms with van der Waals surface area (Å²) in [7, 11) is 0. The van der Waals surface area contributed by atoms with Gasteiger partial charge in [-0.25, -0.2) is 35.1 Å². The Kier molecular flexibility index (Phi) is 9.44. The summed E-state index contributed by atoms with van der Waals surface area (Å²) in [6, 6.07) is 4.93. The van der Waals surface area contributed by atoms with Crippen molar-refractivity contribution in [3.63, 3.8) is 0 Å². The maximum absolute atomic E-state index is 15.1. The molecule has 0 N–H and O–H groups in total. The molecule has 0 aliphatic heterocycles. The molecular weight excluding hydrogens is 751 g/mol. The first kappa shape index (κ1) is 38.5. The van der Waals surface area contributed by atoms with Crippen LogP contribution in [0.1, 0.15) is 38.9 Å². The molecule has 3 aromatic carbocycles. The fraction of sp³-hybridized carbons (Fsp3) is 0.0968. The SMILES string of the molecule is N#CC(=C1C(=C(/C#N)c2c(F)c(F)c(C(F)(F)F)c(F)c2F)/C1=C(/C#N)c1c(F)c(F)c(C(F)(F)F)c(F)c1F)c1ccc(C#N)cc1C(F)(F)F. The number of benzene rings is 3. The second-order valence-corrected chi connectivity index (χ2v) is 9.96. The van der Waals surface area contributed by atoms with E-state index in [-0.39, 0.29) is 6.07 Å². The number of nitriles is 4. The van der Waals surface area contributed by atoms with Gasteiger partial charge in [0.15, 0.2) is 46.5 Å². The van der Waals surface area contributed by atoms with Crippen molar-refractivity contribution in [2.45, 2.75) is 18.5 Å². The molecule has 0 atom stereocenters. The van der Waals surface area contributed by atoms with Gasteiger partial charge in [0.25, 0.3) is 0 Å². The number of halogens is 17. The summed E-state index contributed by atoms with van der Waals surface area (Å²) in [5.41, 5.74) is -25.6. The molecule has 1 aliphatic rings. The molecule has 4 rings (SSSR count). The van der Waals surface area contributed by atoms with Crippen molar-refractivity contribution >= 4 is 16.7 Å². The van der Waals surface area contributed by atoms with Crippen LogP contribution in [0.25, 0.3) is 16.7 Å². The number of rotatable bonds is 3. The van der Waals surface area contributed by atoms with Crippen LogP contribution in [0.5, 0.6) is 0 Å². The molecule has 4 nitrogen and oxygen atoms in total. The molecule has 0 aromatic heterocycles. The quantitative estimate of drug-likeness (QED) is 0.151. The molecule has 1 fully saturated rings. The highest BCUT2D eigenvalue weighted by molar-refractivity contribution is 6.12. The zero-order chi connectivity index (χ0) is 39.6. The average Bonchev–Trinajstić information content (AvgIpc) is 3.75. The van der Waals surface area contributed by atoms with Crippen molar-refractivity contribution in [2.75, 3.05) is 0 Å². The number of alkyl halides is 9. The van der Waals surface area contributed by atoms with E-state index in [0.717, 1.165) is 18.2 Å². The summed E-state index contributed by atoms with van der Waals surface area (Å²) in [6.45, 7) is 0. The molecule has 1 aliphatic carbocycles. The summed E-state index contributed by atoms with van der Waals surface area (Å²) in [6.07, 6.45) is -17.9. The van der Waals surface area contributed by atoms with Gasteiger partial charge in [-0.15, -0.1) is 0 Å². The predicted octanol–water partition coefficient (Wildman–Crippen LogP) is 9.97. The van der Waals surface area contributed by atoms with E-state index in [1.54, 1.807) is 0 Å². The van der Waals surface area contributed by atoms with Crippen LogP contribution in [0.3, 0.4) is 0 Å². The van der Waals surface area contributed by atoms with Crippen molar-refractivity contribution < 1.29 is 74.6 Å². The first-order valence-corrected chi connectivity index (χ1v) is 12.8. The van der Waals surface area contributed by atoms with E-state index >= 15 is 17.6 Å². The zero-order valence-corrected chi connectivity index (χ0v) is 23.9. The highest BCUT2D eigenvalue weighted by atomic mass is 19.4. The highest BCUT2D eigenvalue weighted by Crippen LogP contribution is 2.58. The maximum Gasteiger partial charge on any atom is 0.422 e. The Morgan fingerprint density at radius 1 is 0.442 bits per heavy atom. The van der Waals surface area contributed by atoms with Crippen LogP contribution in [0.4, 0.5) is 74.6 Å².